The summed E-state index contributed by atoms with van der Waals surface area (Å²) in [6.07, 6.45) is 3.76. The summed E-state index contributed by atoms with van der Waals surface area (Å²) in [5, 5.41) is 10.4. The van der Waals surface area contributed by atoms with E-state index in [4.69, 9.17) is 4.74 Å². The van der Waals surface area contributed by atoms with Crippen molar-refractivity contribution in [2.45, 2.75) is 4.90 Å². The van der Waals surface area contributed by atoms with Crippen LogP contribution in [0.5, 0.6) is 5.75 Å². The van der Waals surface area contributed by atoms with Gasteiger partial charge in [0.1, 0.15) is 17.4 Å². The number of nitrogens with one attached hydrogen (secondary N) is 2. The first kappa shape index (κ1) is 20.5. The van der Waals surface area contributed by atoms with Crippen LogP contribution in [-0.4, -0.2) is 54.0 Å². The molecule has 2 N–H and O–H groups in total. The topological polar surface area (TPSA) is 126 Å². The first-order valence-electron chi connectivity index (χ1n) is 8.97. The Labute approximate surface area is 177 Å². The summed E-state index contributed by atoms with van der Waals surface area (Å²) in [5.74, 6) is 1.03. The minimum atomic E-state index is -3.44. The highest BCUT2D eigenvalue weighted by Crippen LogP contribution is 2.29. The molecule has 0 aliphatic carbocycles. The lowest BCUT2D eigenvalue weighted by Crippen LogP contribution is -2.13. The molecule has 0 bridgehead atoms. The molecular weight excluding hydrogens is 425 g/mol. The van der Waals surface area contributed by atoms with E-state index in [1.165, 1.54) is 31.5 Å². The zero-order chi connectivity index (χ0) is 22.2. The summed E-state index contributed by atoms with van der Waals surface area (Å²) in [7, 11) is -0.273. The van der Waals surface area contributed by atoms with Crippen molar-refractivity contribution in [3.05, 3.63) is 48.5 Å². The second kappa shape index (κ2) is 7.80. The molecule has 0 fully saturated rings. The highest BCUT2D eigenvalue weighted by molar-refractivity contribution is 7.90. The van der Waals surface area contributed by atoms with Crippen LogP contribution in [0.4, 0.5) is 27.7 Å². The Kier molecular flexibility index (Phi) is 5.15. The average Bonchev–Trinajstić information content (AvgIpc) is 3.15. The van der Waals surface area contributed by atoms with Crippen LogP contribution in [0.3, 0.4) is 0 Å². The Morgan fingerprint density at radius 1 is 1.19 bits per heavy atom. The van der Waals surface area contributed by atoms with Gasteiger partial charge >= 0.3 is 0 Å². The number of benzene rings is 1. The lowest BCUT2D eigenvalue weighted by atomic mass is 10.3. The number of aromatic nitrogens is 5. The maximum absolute atomic E-state index is 13.6. The molecule has 31 heavy (non-hydrogen) atoms. The SMILES string of the molecule is COc1cc(Nc2nccc(N(C)c3n[nH]c4ncc(F)cc34)n2)cc(S(C)(=O)=O)c1. The standard InChI is InChI=1S/C19H18FN7O3S/c1-27(18-15-6-11(20)10-22-17(15)25-26-18)16-4-5-21-19(24-16)23-12-7-13(30-2)9-14(8-12)31(3,28)29/h4-10H,1-3H3,(H,21,23,24)(H,22,25,26). The molecule has 0 aliphatic rings. The number of hydrogen-bond acceptors (Lipinski definition) is 9. The van der Waals surface area contributed by atoms with E-state index in [-0.39, 0.29) is 10.8 Å². The molecule has 0 unspecified atom stereocenters. The van der Waals surface area contributed by atoms with Crippen molar-refractivity contribution >= 4 is 44.1 Å². The molecule has 10 nitrogen and oxygen atoms in total. The Morgan fingerprint density at radius 2 is 2.00 bits per heavy atom. The fourth-order valence-electron chi connectivity index (χ4n) is 2.93. The van der Waals surface area contributed by atoms with Gasteiger partial charge in [0.2, 0.25) is 5.95 Å². The van der Waals surface area contributed by atoms with Crippen molar-refractivity contribution in [2.24, 2.45) is 0 Å². The smallest absolute Gasteiger partial charge is 0.229 e. The molecule has 0 saturated heterocycles. The van der Waals surface area contributed by atoms with Gasteiger partial charge in [0.05, 0.1) is 23.6 Å². The average molecular weight is 443 g/mol. The Morgan fingerprint density at radius 3 is 2.74 bits per heavy atom. The third-order valence-corrected chi connectivity index (χ3v) is 5.56. The van der Waals surface area contributed by atoms with Crippen LogP contribution in [0.2, 0.25) is 0 Å². The van der Waals surface area contributed by atoms with Crippen LogP contribution in [0.1, 0.15) is 0 Å². The van der Waals surface area contributed by atoms with E-state index in [1.807, 2.05) is 0 Å². The molecule has 0 spiro atoms. The van der Waals surface area contributed by atoms with Crippen molar-refractivity contribution in [2.75, 3.05) is 30.6 Å². The second-order valence-corrected chi connectivity index (χ2v) is 8.70. The van der Waals surface area contributed by atoms with E-state index in [0.29, 0.717) is 34.1 Å². The lowest BCUT2D eigenvalue weighted by molar-refractivity contribution is 0.413. The van der Waals surface area contributed by atoms with Crippen molar-refractivity contribution in [3.8, 4) is 5.75 Å². The number of anilines is 4. The predicted molar refractivity (Wildman–Crippen MR) is 113 cm³/mol. The summed E-state index contributed by atoms with van der Waals surface area (Å²) in [5.41, 5.74) is 0.886. The van der Waals surface area contributed by atoms with E-state index < -0.39 is 15.7 Å². The number of methoxy groups -OCH3 is 1. The molecule has 4 aromatic rings. The van der Waals surface area contributed by atoms with E-state index in [2.05, 4.69) is 30.5 Å². The number of sulfone groups is 1. The van der Waals surface area contributed by atoms with Crippen molar-refractivity contribution in [1.82, 2.24) is 25.1 Å². The summed E-state index contributed by atoms with van der Waals surface area (Å²) in [4.78, 5) is 14.3. The Balaban J connectivity index is 1.67. The van der Waals surface area contributed by atoms with Crippen molar-refractivity contribution in [3.63, 3.8) is 0 Å². The van der Waals surface area contributed by atoms with Crippen LogP contribution in [0.15, 0.2) is 47.6 Å². The molecule has 4 rings (SSSR count). The van der Waals surface area contributed by atoms with Gasteiger partial charge in [0, 0.05) is 31.3 Å². The predicted octanol–water partition coefficient (Wildman–Crippen LogP) is 2.81. The van der Waals surface area contributed by atoms with Crippen LogP contribution in [-0.2, 0) is 9.84 Å². The number of pyridine rings is 1. The molecule has 0 aliphatic heterocycles. The third kappa shape index (κ3) is 4.23. The van der Waals surface area contributed by atoms with Gasteiger partial charge in [0.15, 0.2) is 21.3 Å². The minimum Gasteiger partial charge on any atom is -0.497 e. The molecule has 160 valence electrons. The summed E-state index contributed by atoms with van der Waals surface area (Å²) >= 11 is 0. The first-order chi connectivity index (χ1) is 14.7. The monoisotopic (exact) mass is 443 g/mol. The molecule has 0 atom stereocenters. The molecular formula is C19H18FN7O3S. The largest absolute Gasteiger partial charge is 0.497 e. The summed E-state index contributed by atoms with van der Waals surface area (Å²) in [6, 6.07) is 7.52. The number of H-pyrrole nitrogens is 1. The number of nitrogens with zero attached hydrogens (tertiary/aromatic N) is 5. The number of hydrogen-bond donors (Lipinski definition) is 2. The van der Waals surface area contributed by atoms with Crippen LogP contribution < -0.4 is 15.0 Å². The van der Waals surface area contributed by atoms with Gasteiger partial charge in [-0.2, -0.15) is 10.1 Å². The van der Waals surface area contributed by atoms with Gasteiger partial charge in [-0.3, -0.25) is 5.10 Å². The van der Waals surface area contributed by atoms with Crippen LogP contribution in [0, 0.1) is 5.82 Å². The van der Waals surface area contributed by atoms with Gasteiger partial charge in [-0.15, -0.1) is 0 Å². The third-order valence-electron chi connectivity index (χ3n) is 4.47. The molecule has 0 amide bonds. The zero-order valence-electron chi connectivity index (χ0n) is 16.8. The van der Waals surface area contributed by atoms with Gasteiger partial charge in [-0.1, -0.05) is 0 Å². The van der Waals surface area contributed by atoms with Gasteiger partial charge < -0.3 is 15.0 Å². The van der Waals surface area contributed by atoms with Crippen LogP contribution >= 0.6 is 0 Å². The normalized spacial score (nSPS) is 11.5. The minimum absolute atomic E-state index is 0.0974. The number of halogens is 1. The van der Waals surface area contributed by atoms with E-state index >= 15 is 0 Å². The number of rotatable bonds is 6. The van der Waals surface area contributed by atoms with Gasteiger partial charge in [0.25, 0.3) is 0 Å². The Bertz CT molecular complexity index is 1370. The number of ether oxygens (including phenoxy) is 1. The fraction of sp³-hybridized carbons (Fsp3) is 0.158. The maximum atomic E-state index is 13.6. The lowest BCUT2D eigenvalue weighted by Gasteiger charge is -2.16. The van der Waals surface area contributed by atoms with Gasteiger partial charge in [-0.25, -0.2) is 22.8 Å². The maximum Gasteiger partial charge on any atom is 0.229 e. The first-order valence-corrected chi connectivity index (χ1v) is 10.9. The highest BCUT2D eigenvalue weighted by atomic mass is 32.2. The molecule has 12 heteroatoms. The second-order valence-electron chi connectivity index (χ2n) is 6.69. The number of aromatic amines is 1. The molecule has 0 radical (unpaired) electrons. The summed E-state index contributed by atoms with van der Waals surface area (Å²) in [6.45, 7) is 0. The number of fused-ring (bicyclic) bond motifs is 1. The van der Waals surface area contributed by atoms with Crippen molar-refractivity contribution in [1.29, 1.82) is 0 Å². The highest BCUT2D eigenvalue weighted by Gasteiger charge is 2.16. The molecule has 1 aromatic carbocycles. The molecule has 3 heterocycles. The van der Waals surface area contributed by atoms with E-state index in [9.17, 15) is 12.8 Å². The van der Waals surface area contributed by atoms with Crippen LogP contribution in [0.25, 0.3) is 11.0 Å². The molecule has 3 aromatic heterocycles. The molecule has 0 saturated carbocycles. The fourth-order valence-corrected chi connectivity index (χ4v) is 3.60. The van der Waals surface area contributed by atoms with Gasteiger partial charge in [-0.05, 0) is 24.3 Å². The quantitative estimate of drug-likeness (QED) is 0.462. The summed E-state index contributed by atoms with van der Waals surface area (Å²) < 4.78 is 42.7. The van der Waals surface area contributed by atoms with Crippen molar-refractivity contribution < 1.29 is 17.5 Å². The zero-order valence-corrected chi connectivity index (χ0v) is 17.6. The Hall–Kier alpha value is -3.80. The van der Waals surface area contributed by atoms with E-state index in [0.717, 1.165) is 12.5 Å². The van der Waals surface area contributed by atoms with E-state index in [1.54, 1.807) is 24.1 Å².